The standard InChI is InChI=1S/C34H29N5O4S/c1-42-33(41)23-12-16-25(17-13-23)38-21-7-11-29(38)32-31(28-10-5-6-20-35-28)37-34(44)39(32)26-18-14-24(15-19-26)36-30(40)22-43-27-8-3-2-4-9-27/h2-21,31-32H,22H2,1H3,(H,36,40)(H,37,44)/t31-,32-/m0/s1. The third-order valence-electron chi connectivity index (χ3n) is 7.29. The molecule has 220 valence electrons. The summed E-state index contributed by atoms with van der Waals surface area (Å²) >= 11 is 5.89. The SMILES string of the molecule is COC(=O)c1ccc(-n2cccc2[C@H]2[C@H](c3ccccn3)NC(=S)N2c2ccc(NC(=O)COc3ccccc3)cc2)cc1. The van der Waals surface area contributed by atoms with E-state index in [1.54, 1.807) is 30.5 Å². The Labute approximate surface area is 260 Å². The van der Waals surface area contributed by atoms with E-state index in [0.717, 1.165) is 22.8 Å². The molecule has 2 N–H and O–H groups in total. The minimum atomic E-state index is -0.389. The molecule has 0 spiro atoms. The van der Waals surface area contributed by atoms with Crippen molar-refractivity contribution >= 4 is 40.6 Å². The average molecular weight is 604 g/mol. The number of ether oxygens (including phenoxy) is 2. The molecule has 0 bridgehead atoms. The fraction of sp³-hybridized carbons (Fsp3) is 0.118. The second-order valence-electron chi connectivity index (χ2n) is 10.0. The number of para-hydroxylation sites is 1. The van der Waals surface area contributed by atoms with E-state index in [1.807, 2.05) is 85.1 Å². The van der Waals surface area contributed by atoms with Gasteiger partial charge in [-0.15, -0.1) is 0 Å². The monoisotopic (exact) mass is 603 g/mol. The lowest BCUT2D eigenvalue weighted by Gasteiger charge is -2.29. The van der Waals surface area contributed by atoms with Crippen molar-refractivity contribution in [1.29, 1.82) is 0 Å². The van der Waals surface area contributed by atoms with Crippen LogP contribution in [0.25, 0.3) is 5.69 Å². The molecule has 6 rings (SSSR count). The van der Waals surface area contributed by atoms with Gasteiger partial charge in [0.05, 0.1) is 24.4 Å². The van der Waals surface area contributed by atoms with Crippen LogP contribution in [0.15, 0.2) is 122 Å². The highest BCUT2D eigenvalue weighted by Crippen LogP contribution is 2.42. The molecule has 2 aromatic heterocycles. The van der Waals surface area contributed by atoms with Crippen LogP contribution in [0.1, 0.15) is 33.8 Å². The van der Waals surface area contributed by atoms with E-state index in [9.17, 15) is 9.59 Å². The Kier molecular flexibility index (Phi) is 8.33. The minimum Gasteiger partial charge on any atom is -0.484 e. The number of hydrogen-bond acceptors (Lipinski definition) is 6. The Hall–Kier alpha value is -5.48. The van der Waals surface area contributed by atoms with Gasteiger partial charge in [0.2, 0.25) is 0 Å². The number of anilines is 2. The number of benzene rings is 3. The van der Waals surface area contributed by atoms with Gasteiger partial charge in [-0.25, -0.2) is 4.79 Å². The Morgan fingerprint density at radius 2 is 1.61 bits per heavy atom. The predicted molar refractivity (Wildman–Crippen MR) is 172 cm³/mol. The molecule has 0 radical (unpaired) electrons. The summed E-state index contributed by atoms with van der Waals surface area (Å²) < 4.78 is 12.5. The number of rotatable bonds is 9. The van der Waals surface area contributed by atoms with Gasteiger partial charge in [-0.3, -0.25) is 9.78 Å². The highest BCUT2D eigenvalue weighted by atomic mass is 32.1. The molecule has 9 nitrogen and oxygen atoms in total. The Morgan fingerprint density at radius 1 is 0.886 bits per heavy atom. The van der Waals surface area contributed by atoms with Gasteiger partial charge in [-0.1, -0.05) is 24.3 Å². The summed E-state index contributed by atoms with van der Waals surface area (Å²) in [6, 6.07) is 33.3. The fourth-order valence-electron chi connectivity index (χ4n) is 5.25. The van der Waals surface area contributed by atoms with Crippen LogP contribution in [-0.4, -0.2) is 40.3 Å². The number of carbonyl (C=O) groups is 2. The number of nitrogens with zero attached hydrogens (tertiary/aromatic N) is 3. The first kappa shape index (κ1) is 28.6. The molecule has 10 heteroatoms. The lowest BCUT2D eigenvalue weighted by Crippen LogP contribution is -2.30. The molecule has 1 fully saturated rings. The van der Waals surface area contributed by atoms with Crippen molar-refractivity contribution in [1.82, 2.24) is 14.9 Å². The number of amides is 1. The zero-order valence-corrected chi connectivity index (χ0v) is 24.6. The highest BCUT2D eigenvalue weighted by Gasteiger charge is 2.42. The summed E-state index contributed by atoms with van der Waals surface area (Å²) in [6.07, 6.45) is 3.75. The smallest absolute Gasteiger partial charge is 0.337 e. The predicted octanol–water partition coefficient (Wildman–Crippen LogP) is 5.85. The van der Waals surface area contributed by atoms with Crippen LogP contribution in [0.3, 0.4) is 0 Å². The van der Waals surface area contributed by atoms with Crippen LogP contribution < -0.4 is 20.3 Å². The van der Waals surface area contributed by atoms with Crippen molar-refractivity contribution in [2.75, 3.05) is 23.9 Å². The maximum Gasteiger partial charge on any atom is 0.337 e. The average Bonchev–Trinajstić information content (AvgIpc) is 3.69. The molecular weight excluding hydrogens is 574 g/mol. The second-order valence-corrected chi connectivity index (χ2v) is 10.4. The zero-order chi connectivity index (χ0) is 30.5. The van der Waals surface area contributed by atoms with Gasteiger partial charge in [0.1, 0.15) is 11.8 Å². The van der Waals surface area contributed by atoms with Crippen molar-refractivity contribution < 1.29 is 19.1 Å². The van der Waals surface area contributed by atoms with Gasteiger partial charge in [0.15, 0.2) is 11.7 Å². The number of thiocarbonyl (C=S) groups is 1. The lowest BCUT2D eigenvalue weighted by atomic mass is 10.0. The minimum absolute atomic E-state index is 0.0999. The Bertz CT molecular complexity index is 1760. The molecule has 2 atom stereocenters. The summed E-state index contributed by atoms with van der Waals surface area (Å²) in [7, 11) is 1.36. The number of nitrogens with one attached hydrogen (secondary N) is 2. The van der Waals surface area contributed by atoms with Gasteiger partial charge in [0.25, 0.3) is 5.91 Å². The van der Waals surface area contributed by atoms with Crippen LogP contribution in [0.5, 0.6) is 5.75 Å². The molecule has 1 aliphatic rings. The first-order valence-corrected chi connectivity index (χ1v) is 14.4. The molecule has 3 heterocycles. The summed E-state index contributed by atoms with van der Waals surface area (Å²) in [6.45, 7) is -0.0999. The van der Waals surface area contributed by atoms with Gasteiger partial charge in [-0.2, -0.15) is 0 Å². The molecular formula is C34H29N5O4S. The third kappa shape index (κ3) is 6.02. The topological polar surface area (TPSA) is 97.7 Å². The lowest BCUT2D eigenvalue weighted by molar-refractivity contribution is -0.118. The maximum atomic E-state index is 12.5. The van der Waals surface area contributed by atoms with E-state index in [-0.39, 0.29) is 30.6 Å². The van der Waals surface area contributed by atoms with Gasteiger partial charge in [-0.05, 0) is 97.1 Å². The summed E-state index contributed by atoms with van der Waals surface area (Å²) in [5.41, 5.74) is 4.65. The van der Waals surface area contributed by atoms with Crippen molar-refractivity contribution in [3.05, 3.63) is 139 Å². The highest BCUT2D eigenvalue weighted by molar-refractivity contribution is 7.80. The molecule has 5 aromatic rings. The van der Waals surface area contributed by atoms with E-state index in [4.69, 9.17) is 21.7 Å². The maximum absolute atomic E-state index is 12.5. The van der Waals surface area contributed by atoms with E-state index < -0.39 is 0 Å². The van der Waals surface area contributed by atoms with Crippen molar-refractivity contribution in [2.45, 2.75) is 12.1 Å². The number of methoxy groups -OCH3 is 1. The second kappa shape index (κ2) is 12.8. The first-order valence-electron chi connectivity index (χ1n) is 14.0. The first-order chi connectivity index (χ1) is 21.5. The molecule has 1 saturated heterocycles. The number of esters is 1. The molecule has 0 aliphatic carbocycles. The molecule has 3 aromatic carbocycles. The fourth-order valence-corrected chi connectivity index (χ4v) is 5.59. The third-order valence-corrected chi connectivity index (χ3v) is 7.60. The van der Waals surface area contributed by atoms with Crippen LogP contribution in [-0.2, 0) is 9.53 Å². The number of pyridine rings is 1. The zero-order valence-electron chi connectivity index (χ0n) is 23.8. The van der Waals surface area contributed by atoms with Crippen molar-refractivity contribution in [2.24, 2.45) is 0 Å². The van der Waals surface area contributed by atoms with Gasteiger partial charge < -0.3 is 29.6 Å². The summed E-state index contributed by atoms with van der Waals surface area (Å²) in [4.78, 5) is 31.2. The van der Waals surface area contributed by atoms with Crippen LogP contribution in [0, 0.1) is 0 Å². The van der Waals surface area contributed by atoms with Gasteiger partial charge in [0, 0.05) is 35.1 Å². The van der Waals surface area contributed by atoms with E-state index in [2.05, 4.69) is 31.2 Å². The van der Waals surface area contributed by atoms with Crippen LogP contribution in [0.4, 0.5) is 11.4 Å². The number of hydrogen-bond donors (Lipinski definition) is 2. The van der Waals surface area contributed by atoms with Gasteiger partial charge >= 0.3 is 5.97 Å². The van der Waals surface area contributed by atoms with Crippen molar-refractivity contribution in [3.8, 4) is 11.4 Å². The Morgan fingerprint density at radius 3 is 2.32 bits per heavy atom. The van der Waals surface area contributed by atoms with E-state index in [0.29, 0.717) is 22.1 Å². The summed E-state index contributed by atoms with van der Waals surface area (Å²) in [5, 5.41) is 6.91. The van der Waals surface area contributed by atoms with Crippen LogP contribution in [0.2, 0.25) is 0 Å². The van der Waals surface area contributed by atoms with E-state index in [1.165, 1.54) is 7.11 Å². The van der Waals surface area contributed by atoms with Crippen LogP contribution >= 0.6 is 12.2 Å². The largest absolute Gasteiger partial charge is 0.484 e. The molecule has 1 aliphatic heterocycles. The number of aromatic nitrogens is 2. The van der Waals surface area contributed by atoms with Crippen molar-refractivity contribution in [3.63, 3.8) is 0 Å². The van der Waals surface area contributed by atoms with E-state index >= 15 is 0 Å². The summed E-state index contributed by atoms with van der Waals surface area (Å²) in [5.74, 6) is -0.0193. The molecule has 0 unspecified atom stereocenters. The normalized spacial score (nSPS) is 15.8. The quantitative estimate of drug-likeness (QED) is 0.160. The Balaban J connectivity index is 1.28. The molecule has 44 heavy (non-hydrogen) atoms. The molecule has 1 amide bonds. The molecule has 0 saturated carbocycles. The number of carbonyl (C=O) groups excluding carboxylic acids is 2.